The van der Waals surface area contributed by atoms with Crippen LogP contribution in [0.1, 0.15) is 27.6 Å². The van der Waals surface area contributed by atoms with Crippen LogP contribution in [0.5, 0.6) is 0 Å². The number of hydrogen-bond acceptors (Lipinski definition) is 5. The number of rotatable bonds is 5. The van der Waals surface area contributed by atoms with Crippen molar-refractivity contribution in [3.63, 3.8) is 0 Å². The molecule has 0 aliphatic carbocycles. The van der Waals surface area contributed by atoms with Crippen molar-refractivity contribution in [3.8, 4) is 5.69 Å². The van der Waals surface area contributed by atoms with E-state index in [1.165, 1.54) is 19.6 Å². The van der Waals surface area contributed by atoms with Gasteiger partial charge < -0.3 is 5.32 Å². The van der Waals surface area contributed by atoms with E-state index < -0.39 is 11.9 Å². The Balaban J connectivity index is 1.64. The van der Waals surface area contributed by atoms with Crippen molar-refractivity contribution in [2.24, 2.45) is 0 Å². The van der Waals surface area contributed by atoms with Crippen LogP contribution in [0.4, 0.5) is 13.2 Å². The molecular formula is C17H15F3N6O. The summed E-state index contributed by atoms with van der Waals surface area (Å²) in [6, 6.07) is 7.68. The maximum atomic E-state index is 12.8. The van der Waals surface area contributed by atoms with Crippen LogP contribution in [0.15, 0.2) is 43.0 Å². The first-order valence-corrected chi connectivity index (χ1v) is 7.98. The summed E-state index contributed by atoms with van der Waals surface area (Å²) in [6.45, 7) is 1.58. The first-order valence-electron chi connectivity index (χ1n) is 7.98. The van der Waals surface area contributed by atoms with Crippen LogP contribution >= 0.6 is 0 Å². The number of hydrogen-bond donors (Lipinski definition) is 1. The summed E-state index contributed by atoms with van der Waals surface area (Å²) in [5.74, 6) is -0.325. The third kappa shape index (κ3) is 4.66. The molecule has 1 amide bonds. The zero-order valence-corrected chi connectivity index (χ0v) is 14.2. The molecule has 0 spiro atoms. The number of carbonyl (C=O) groups excluding carboxylic acids is 1. The van der Waals surface area contributed by atoms with Crippen LogP contribution in [-0.2, 0) is 12.6 Å². The first kappa shape index (κ1) is 18.5. The molecule has 3 aromatic rings. The van der Waals surface area contributed by atoms with Crippen molar-refractivity contribution in [1.29, 1.82) is 0 Å². The molecule has 0 unspecified atom stereocenters. The Morgan fingerprint density at radius 1 is 1.15 bits per heavy atom. The van der Waals surface area contributed by atoms with Crippen LogP contribution in [0.2, 0.25) is 0 Å². The van der Waals surface area contributed by atoms with Crippen LogP contribution < -0.4 is 5.32 Å². The summed E-state index contributed by atoms with van der Waals surface area (Å²) in [5.41, 5.74) is 0.352. The van der Waals surface area contributed by atoms with Gasteiger partial charge in [-0.1, -0.05) is 6.07 Å². The number of amides is 1. The zero-order valence-electron chi connectivity index (χ0n) is 14.2. The van der Waals surface area contributed by atoms with E-state index in [4.69, 9.17) is 0 Å². The van der Waals surface area contributed by atoms with E-state index in [0.717, 1.165) is 6.07 Å². The van der Waals surface area contributed by atoms with Crippen LogP contribution in [-0.4, -0.2) is 37.2 Å². The monoisotopic (exact) mass is 376 g/mol. The average molecular weight is 376 g/mol. The Bertz CT molecular complexity index is 940. The molecule has 0 aliphatic heterocycles. The van der Waals surface area contributed by atoms with Crippen molar-refractivity contribution >= 4 is 5.91 Å². The molecule has 0 saturated heterocycles. The molecule has 0 saturated carbocycles. The molecule has 0 bridgehead atoms. The van der Waals surface area contributed by atoms with Crippen molar-refractivity contribution in [3.05, 3.63) is 65.8 Å². The predicted octanol–water partition coefficient (Wildman–Crippen LogP) is 2.36. The molecule has 7 nitrogen and oxygen atoms in total. The summed E-state index contributed by atoms with van der Waals surface area (Å²) >= 11 is 0. The van der Waals surface area contributed by atoms with Crippen LogP contribution in [0.3, 0.4) is 0 Å². The van der Waals surface area contributed by atoms with Gasteiger partial charge in [0.25, 0.3) is 5.91 Å². The smallest absolute Gasteiger partial charge is 0.352 e. The highest BCUT2D eigenvalue weighted by atomic mass is 19.4. The van der Waals surface area contributed by atoms with Gasteiger partial charge in [0.05, 0.1) is 0 Å². The molecule has 2 aromatic heterocycles. The summed E-state index contributed by atoms with van der Waals surface area (Å²) in [5, 5.41) is 10.1. The minimum absolute atomic E-state index is 0.0286. The Labute approximate surface area is 152 Å². The standard InChI is InChI=1S/C17H15F3N6O/c1-11-7-14(17(18,19)20)25-15(24-11)5-6-21-16(27)12-3-2-4-13(8-12)26-9-22-23-10-26/h2-4,7-10H,5-6H2,1H3,(H,21,27). The van der Waals surface area contributed by atoms with Gasteiger partial charge in [-0.15, -0.1) is 10.2 Å². The minimum Gasteiger partial charge on any atom is -0.352 e. The molecule has 140 valence electrons. The number of aromatic nitrogens is 5. The van der Waals surface area contributed by atoms with Crippen molar-refractivity contribution in [1.82, 2.24) is 30.0 Å². The lowest BCUT2D eigenvalue weighted by atomic mass is 10.2. The molecule has 0 fully saturated rings. The molecule has 1 N–H and O–H groups in total. The molecule has 3 rings (SSSR count). The third-order valence-corrected chi connectivity index (χ3v) is 3.65. The maximum Gasteiger partial charge on any atom is 0.433 e. The molecule has 2 heterocycles. The second-order valence-corrected chi connectivity index (χ2v) is 5.73. The van der Waals surface area contributed by atoms with Gasteiger partial charge in [0, 0.05) is 29.9 Å². The Morgan fingerprint density at radius 3 is 2.59 bits per heavy atom. The van der Waals surface area contributed by atoms with E-state index in [1.807, 2.05) is 0 Å². The number of nitrogens with zero attached hydrogens (tertiary/aromatic N) is 5. The SMILES string of the molecule is Cc1cc(C(F)(F)F)nc(CCNC(=O)c2cccc(-n3cnnc3)c2)n1. The van der Waals surface area contributed by atoms with Crippen molar-refractivity contribution < 1.29 is 18.0 Å². The highest BCUT2D eigenvalue weighted by Gasteiger charge is 2.33. The van der Waals surface area contributed by atoms with Crippen LogP contribution in [0.25, 0.3) is 5.69 Å². The molecule has 10 heteroatoms. The van der Waals surface area contributed by atoms with Crippen molar-refractivity contribution in [2.75, 3.05) is 6.54 Å². The van der Waals surface area contributed by atoms with Crippen LogP contribution in [0, 0.1) is 6.92 Å². The molecular weight excluding hydrogens is 361 g/mol. The van der Waals surface area contributed by atoms with Gasteiger partial charge in [0.1, 0.15) is 24.2 Å². The lowest BCUT2D eigenvalue weighted by molar-refractivity contribution is -0.141. The van der Waals surface area contributed by atoms with Gasteiger partial charge in [0.2, 0.25) is 0 Å². The van der Waals surface area contributed by atoms with E-state index in [9.17, 15) is 18.0 Å². The number of benzene rings is 1. The van der Waals surface area contributed by atoms with Crippen molar-refractivity contribution in [2.45, 2.75) is 19.5 Å². The topological polar surface area (TPSA) is 85.6 Å². The first-order chi connectivity index (χ1) is 12.8. The maximum absolute atomic E-state index is 12.8. The van der Waals surface area contributed by atoms with E-state index in [2.05, 4.69) is 25.5 Å². The number of nitrogens with one attached hydrogen (secondary N) is 1. The summed E-state index contributed by atoms with van der Waals surface area (Å²) in [7, 11) is 0. The van der Waals surface area contributed by atoms with E-state index >= 15 is 0 Å². The fourth-order valence-corrected chi connectivity index (χ4v) is 2.42. The Kier molecular flexibility index (Phi) is 5.15. The van der Waals surface area contributed by atoms with Gasteiger partial charge in [-0.25, -0.2) is 9.97 Å². The fourth-order valence-electron chi connectivity index (χ4n) is 2.42. The molecule has 0 radical (unpaired) electrons. The van der Waals surface area contributed by atoms with Gasteiger partial charge in [0.15, 0.2) is 0 Å². The Morgan fingerprint density at radius 2 is 1.89 bits per heavy atom. The second-order valence-electron chi connectivity index (χ2n) is 5.73. The molecule has 0 atom stereocenters. The predicted molar refractivity (Wildman–Crippen MR) is 89.2 cm³/mol. The number of carbonyl (C=O) groups is 1. The second kappa shape index (κ2) is 7.52. The summed E-state index contributed by atoms with van der Waals surface area (Å²) in [4.78, 5) is 19.8. The Hall–Kier alpha value is -3.30. The van der Waals surface area contributed by atoms with Gasteiger partial charge in [-0.3, -0.25) is 9.36 Å². The number of alkyl halides is 3. The third-order valence-electron chi connectivity index (χ3n) is 3.65. The quantitative estimate of drug-likeness (QED) is 0.739. The van der Waals surface area contributed by atoms with E-state index in [-0.39, 0.29) is 30.4 Å². The minimum atomic E-state index is -4.53. The number of halogens is 3. The average Bonchev–Trinajstić information content (AvgIpc) is 3.15. The zero-order chi connectivity index (χ0) is 19.4. The van der Waals surface area contributed by atoms with Gasteiger partial charge in [-0.2, -0.15) is 13.2 Å². The molecule has 27 heavy (non-hydrogen) atoms. The lowest BCUT2D eigenvalue weighted by Crippen LogP contribution is -2.26. The molecule has 1 aromatic carbocycles. The van der Waals surface area contributed by atoms with E-state index in [0.29, 0.717) is 11.3 Å². The fraction of sp³-hybridized carbons (Fsp3) is 0.235. The normalized spacial score (nSPS) is 11.4. The highest BCUT2D eigenvalue weighted by molar-refractivity contribution is 5.94. The van der Waals surface area contributed by atoms with Gasteiger partial charge in [-0.05, 0) is 31.2 Å². The largest absolute Gasteiger partial charge is 0.433 e. The van der Waals surface area contributed by atoms with Gasteiger partial charge >= 0.3 is 6.18 Å². The summed E-state index contributed by atoms with van der Waals surface area (Å²) < 4.78 is 40.1. The van der Waals surface area contributed by atoms with E-state index in [1.54, 1.807) is 28.8 Å². The highest BCUT2D eigenvalue weighted by Crippen LogP contribution is 2.27. The number of aryl methyl sites for hydroxylation is 1. The summed E-state index contributed by atoms with van der Waals surface area (Å²) in [6.07, 6.45) is -1.44. The molecule has 0 aliphatic rings. The lowest BCUT2D eigenvalue weighted by Gasteiger charge is -2.10.